The molecule has 1 N–H and O–H groups in total. The number of ether oxygens (including phenoxy) is 1. The van der Waals surface area contributed by atoms with Crippen molar-refractivity contribution in [1.29, 1.82) is 0 Å². The summed E-state index contributed by atoms with van der Waals surface area (Å²) in [5.41, 5.74) is -0.845. The Labute approximate surface area is 129 Å². The van der Waals surface area contributed by atoms with Crippen LogP contribution in [-0.2, 0) is 10.9 Å². The van der Waals surface area contributed by atoms with Gasteiger partial charge in [0.25, 0.3) is 5.91 Å². The smallest absolute Gasteiger partial charge is 0.381 e. The molecule has 1 aliphatic heterocycles. The second-order valence-corrected chi connectivity index (χ2v) is 5.52. The number of alkyl halides is 3. The van der Waals surface area contributed by atoms with Gasteiger partial charge in [-0.1, -0.05) is 0 Å². The number of halogens is 3. The summed E-state index contributed by atoms with van der Waals surface area (Å²) in [5.74, 6) is -0.296. The summed E-state index contributed by atoms with van der Waals surface area (Å²) >= 11 is 0. The van der Waals surface area contributed by atoms with Gasteiger partial charge < -0.3 is 10.1 Å². The number of aromatic nitrogens is 3. The molecule has 1 amide bonds. The molecule has 1 saturated heterocycles. The van der Waals surface area contributed by atoms with Crippen molar-refractivity contribution in [3.05, 3.63) is 29.2 Å². The molecule has 23 heavy (non-hydrogen) atoms. The van der Waals surface area contributed by atoms with E-state index in [1.165, 1.54) is 13.0 Å². The third-order valence-corrected chi connectivity index (χ3v) is 3.65. The summed E-state index contributed by atoms with van der Waals surface area (Å²) in [6.07, 6.45) is -3.72. The van der Waals surface area contributed by atoms with Gasteiger partial charge in [0.05, 0.1) is 6.61 Å². The molecule has 124 valence electrons. The highest BCUT2D eigenvalue weighted by Crippen LogP contribution is 2.29. The zero-order valence-corrected chi connectivity index (χ0v) is 12.4. The maximum absolute atomic E-state index is 13.1. The van der Waals surface area contributed by atoms with Crippen LogP contribution in [0.5, 0.6) is 0 Å². The Morgan fingerprint density at radius 1 is 1.48 bits per heavy atom. The van der Waals surface area contributed by atoms with Gasteiger partial charge in [-0.25, -0.2) is 9.50 Å². The summed E-state index contributed by atoms with van der Waals surface area (Å²) < 4.78 is 45.0. The van der Waals surface area contributed by atoms with Crippen LogP contribution < -0.4 is 5.32 Å². The van der Waals surface area contributed by atoms with Crippen LogP contribution in [0.25, 0.3) is 5.65 Å². The van der Waals surface area contributed by atoms with Gasteiger partial charge in [0, 0.05) is 30.8 Å². The molecule has 2 aromatic heterocycles. The van der Waals surface area contributed by atoms with Crippen molar-refractivity contribution in [3.63, 3.8) is 0 Å². The van der Waals surface area contributed by atoms with Crippen molar-refractivity contribution in [2.45, 2.75) is 19.5 Å². The summed E-state index contributed by atoms with van der Waals surface area (Å²) in [7, 11) is 0. The van der Waals surface area contributed by atoms with Gasteiger partial charge in [-0.3, -0.25) is 4.79 Å². The van der Waals surface area contributed by atoms with Crippen LogP contribution in [0.3, 0.4) is 0 Å². The molecule has 6 nitrogen and oxygen atoms in total. The van der Waals surface area contributed by atoms with E-state index in [-0.39, 0.29) is 23.0 Å². The van der Waals surface area contributed by atoms with Crippen molar-refractivity contribution >= 4 is 11.6 Å². The number of fused-ring (bicyclic) bond motifs is 1. The number of carbonyl (C=O) groups excluding carboxylic acids is 1. The van der Waals surface area contributed by atoms with E-state index in [0.717, 1.165) is 12.5 Å². The third kappa shape index (κ3) is 3.29. The Bertz CT molecular complexity index is 735. The van der Waals surface area contributed by atoms with Crippen LogP contribution in [0, 0.1) is 12.8 Å². The Kier molecular flexibility index (Phi) is 3.97. The lowest BCUT2D eigenvalue weighted by atomic mass is 10.1. The zero-order valence-electron chi connectivity index (χ0n) is 12.4. The van der Waals surface area contributed by atoms with Crippen molar-refractivity contribution in [1.82, 2.24) is 19.9 Å². The lowest BCUT2D eigenvalue weighted by molar-refractivity contribution is -0.142. The third-order valence-electron chi connectivity index (χ3n) is 3.65. The van der Waals surface area contributed by atoms with Crippen LogP contribution >= 0.6 is 0 Å². The molecule has 1 atom stereocenters. The average molecular weight is 328 g/mol. The van der Waals surface area contributed by atoms with Crippen LogP contribution in [-0.4, -0.2) is 40.3 Å². The second-order valence-electron chi connectivity index (χ2n) is 5.52. The van der Waals surface area contributed by atoms with E-state index in [1.54, 1.807) is 0 Å². The molecule has 3 heterocycles. The monoisotopic (exact) mass is 328 g/mol. The first-order chi connectivity index (χ1) is 10.8. The van der Waals surface area contributed by atoms with Crippen LogP contribution in [0.2, 0.25) is 0 Å². The number of nitrogens with one attached hydrogen (secondary N) is 1. The minimum atomic E-state index is -4.58. The lowest BCUT2D eigenvalue weighted by Gasteiger charge is -2.09. The fourth-order valence-electron chi connectivity index (χ4n) is 2.48. The predicted octanol–water partition coefficient (Wildman–Crippen LogP) is 1.82. The molecule has 2 aromatic rings. The molecule has 0 radical (unpaired) electrons. The zero-order chi connectivity index (χ0) is 16.6. The van der Waals surface area contributed by atoms with Crippen LogP contribution in [0.1, 0.15) is 28.3 Å². The van der Waals surface area contributed by atoms with Crippen LogP contribution in [0.15, 0.2) is 12.1 Å². The molecule has 0 saturated carbocycles. The molecule has 0 spiro atoms. The first-order valence-electron chi connectivity index (χ1n) is 7.15. The van der Waals surface area contributed by atoms with Gasteiger partial charge in [-0.15, -0.1) is 0 Å². The minimum Gasteiger partial charge on any atom is -0.381 e. The van der Waals surface area contributed by atoms with Crippen molar-refractivity contribution in [2.75, 3.05) is 19.8 Å². The van der Waals surface area contributed by atoms with Gasteiger partial charge >= 0.3 is 6.18 Å². The predicted molar refractivity (Wildman–Crippen MR) is 74.0 cm³/mol. The van der Waals surface area contributed by atoms with Crippen molar-refractivity contribution < 1.29 is 22.7 Å². The van der Waals surface area contributed by atoms with Gasteiger partial charge in [0.1, 0.15) is 5.69 Å². The minimum absolute atomic E-state index is 0.00771. The lowest BCUT2D eigenvalue weighted by Crippen LogP contribution is -2.29. The van der Waals surface area contributed by atoms with Crippen molar-refractivity contribution in [2.24, 2.45) is 5.92 Å². The molecular weight excluding hydrogens is 313 g/mol. The van der Waals surface area contributed by atoms with E-state index in [9.17, 15) is 18.0 Å². The Morgan fingerprint density at radius 2 is 2.26 bits per heavy atom. The Balaban J connectivity index is 1.85. The van der Waals surface area contributed by atoms with Gasteiger partial charge in [-0.2, -0.15) is 18.3 Å². The molecule has 3 rings (SSSR count). The van der Waals surface area contributed by atoms with E-state index >= 15 is 0 Å². The molecule has 0 bridgehead atoms. The number of aryl methyl sites for hydroxylation is 1. The second kappa shape index (κ2) is 5.80. The van der Waals surface area contributed by atoms with E-state index < -0.39 is 17.8 Å². The van der Waals surface area contributed by atoms with Gasteiger partial charge in [0.2, 0.25) is 0 Å². The first-order valence-corrected chi connectivity index (χ1v) is 7.15. The van der Waals surface area contributed by atoms with E-state index in [2.05, 4.69) is 15.4 Å². The highest BCUT2D eigenvalue weighted by Gasteiger charge is 2.35. The van der Waals surface area contributed by atoms with Gasteiger partial charge in [0.15, 0.2) is 11.3 Å². The fourth-order valence-corrected chi connectivity index (χ4v) is 2.48. The summed E-state index contributed by atoms with van der Waals surface area (Å²) in [6, 6.07) is 2.15. The normalized spacial score (nSPS) is 18.5. The number of amides is 1. The molecule has 1 aliphatic rings. The largest absolute Gasteiger partial charge is 0.433 e. The number of hydrogen-bond donors (Lipinski definition) is 1. The molecule has 0 aliphatic carbocycles. The molecule has 9 heteroatoms. The number of rotatable bonds is 3. The average Bonchev–Trinajstić information content (AvgIpc) is 3.11. The summed E-state index contributed by atoms with van der Waals surface area (Å²) in [5, 5.41) is 6.43. The van der Waals surface area contributed by atoms with E-state index in [1.807, 2.05) is 0 Å². The van der Waals surface area contributed by atoms with E-state index in [4.69, 9.17) is 4.74 Å². The van der Waals surface area contributed by atoms with Crippen LogP contribution in [0.4, 0.5) is 13.2 Å². The number of nitrogens with zero attached hydrogens (tertiary/aromatic N) is 3. The Morgan fingerprint density at radius 3 is 2.91 bits per heavy atom. The highest BCUT2D eigenvalue weighted by atomic mass is 19.4. The summed E-state index contributed by atoms with van der Waals surface area (Å²) in [6.45, 7) is 3.10. The maximum atomic E-state index is 13.1. The molecule has 1 fully saturated rings. The summed E-state index contributed by atoms with van der Waals surface area (Å²) in [4.78, 5) is 16.1. The molecule has 0 aromatic carbocycles. The Hall–Kier alpha value is -2.16. The standard InChI is InChI=1S/C14H15F3N4O2/c1-8-4-11(14(15,16)17)21-12(19-8)5-10(20-21)13(22)18-6-9-2-3-23-7-9/h4-5,9H,2-3,6-7H2,1H3,(H,18,22). The van der Waals surface area contributed by atoms with E-state index in [0.29, 0.717) is 24.3 Å². The quantitative estimate of drug-likeness (QED) is 0.933. The first kappa shape index (κ1) is 15.7. The topological polar surface area (TPSA) is 68.5 Å². The highest BCUT2D eigenvalue weighted by molar-refractivity contribution is 5.93. The fraction of sp³-hybridized carbons (Fsp3) is 0.500. The van der Waals surface area contributed by atoms with Gasteiger partial charge in [-0.05, 0) is 19.4 Å². The maximum Gasteiger partial charge on any atom is 0.433 e. The molecular formula is C14H15F3N4O2. The SMILES string of the molecule is Cc1cc(C(F)(F)F)n2nc(C(=O)NCC3CCOC3)cc2n1. The number of carbonyl (C=O) groups is 1. The number of hydrogen-bond acceptors (Lipinski definition) is 4. The molecule has 1 unspecified atom stereocenters. The van der Waals surface area contributed by atoms with Crippen molar-refractivity contribution in [3.8, 4) is 0 Å².